The topological polar surface area (TPSA) is 49.9 Å². The summed E-state index contributed by atoms with van der Waals surface area (Å²) in [5, 5.41) is 0. The normalized spacial score (nSPS) is 19.5. The van der Waals surface area contributed by atoms with Crippen LogP contribution in [0.5, 0.6) is 5.75 Å². The van der Waals surface area contributed by atoms with Crippen LogP contribution in [0.15, 0.2) is 24.3 Å². The molecule has 0 bridgehead atoms. The van der Waals surface area contributed by atoms with Gasteiger partial charge in [-0.15, -0.1) is 11.8 Å². The van der Waals surface area contributed by atoms with Crippen molar-refractivity contribution >= 4 is 29.3 Å². The van der Waals surface area contributed by atoms with Crippen LogP contribution < -0.4 is 9.64 Å². The molecule has 2 aliphatic heterocycles. The van der Waals surface area contributed by atoms with E-state index in [1.165, 1.54) is 0 Å². The average Bonchev–Trinajstić information content (AvgIpc) is 2.96. The van der Waals surface area contributed by atoms with Crippen LogP contribution in [-0.2, 0) is 9.59 Å². The van der Waals surface area contributed by atoms with Crippen LogP contribution in [0.1, 0.15) is 39.0 Å². The Morgan fingerprint density at radius 1 is 1.32 bits per heavy atom. The van der Waals surface area contributed by atoms with E-state index in [4.69, 9.17) is 4.74 Å². The van der Waals surface area contributed by atoms with Crippen molar-refractivity contribution in [1.29, 1.82) is 0 Å². The molecule has 2 heterocycles. The van der Waals surface area contributed by atoms with Crippen molar-refractivity contribution in [2.75, 3.05) is 30.9 Å². The number of piperidine rings is 1. The first-order valence-corrected chi connectivity index (χ1v) is 9.97. The molecule has 3 rings (SSSR count). The number of methoxy groups -OCH3 is 1. The van der Waals surface area contributed by atoms with Crippen molar-refractivity contribution in [2.45, 2.75) is 43.9 Å². The molecule has 2 saturated heterocycles. The molecule has 1 aromatic carbocycles. The molecule has 0 atom stereocenters. The fraction of sp³-hybridized carbons (Fsp3) is 0.579. The number of carbonyl (C=O) groups excluding carboxylic acids is 2. The highest BCUT2D eigenvalue weighted by molar-refractivity contribution is 8.02. The number of anilines is 1. The molecule has 1 spiro atoms. The predicted octanol–water partition coefficient (Wildman–Crippen LogP) is 3.28. The van der Waals surface area contributed by atoms with E-state index in [-0.39, 0.29) is 16.7 Å². The summed E-state index contributed by atoms with van der Waals surface area (Å²) < 4.78 is 5.31. The fourth-order valence-electron chi connectivity index (χ4n) is 3.64. The standard InChI is InChI=1S/C19H26N2O3S/c1-3-4-8-17(22)20-11-9-19(10-12-20)21(18(23)14-25-19)15-6-5-7-16(13-15)24-2/h5-7,13H,3-4,8-12,14H2,1-2H3. The molecule has 1 aromatic rings. The molecule has 2 fully saturated rings. The smallest absolute Gasteiger partial charge is 0.238 e. The van der Waals surface area contributed by atoms with Gasteiger partial charge in [-0.3, -0.25) is 14.5 Å². The van der Waals surface area contributed by atoms with Crippen LogP contribution in [-0.4, -0.2) is 47.5 Å². The maximum absolute atomic E-state index is 12.6. The van der Waals surface area contributed by atoms with Gasteiger partial charge in [0.2, 0.25) is 11.8 Å². The molecule has 0 unspecified atom stereocenters. The Balaban J connectivity index is 1.75. The number of hydrogen-bond acceptors (Lipinski definition) is 4. The Morgan fingerprint density at radius 2 is 2.08 bits per heavy atom. The number of nitrogens with zero attached hydrogens (tertiary/aromatic N) is 2. The number of benzene rings is 1. The van der Waals surface area contributed by atoms with E-state index in [2.05, 4.69) is 6.92 Å². The molecule has 0 N–H and O–H groups in total. The van der Waals surface area contributed by atoms with Gasteiger partial charge in [-0.1, -0.05) is 19.4 Å². The van der Waals surface area contributed by atoms with Gasteiger partial charge < -0.3 is 9.64 Å². The van der Waals surface area contributed by atoms with E-state index >= 15 is 0 Å². The van der Waals surface area contributed by atoms with E-state index in [1.807, 2.05) is 34.1 Å². The number of hydrogen-bond donors (Lipinski definition) is 0. The predicted molar refractivity (Wildman–Crippen MR) is 101 cm³/mol. The van der Waals surface area contributed by atoms with Crippen molar-refractivity contribution in [3.05, 3.63) is 24.3 Å². The van der Waals surface area contributed by atoms with Gasteiger partial charge in [-0.25, -0.2) is 0 Å². The lowest BCUT2D eigenvalue weighted by Crippen LogP contribution is -2.53. The summed E-state index contributed by atoms with van der Waals surface area (Å²) >= 11 is 1.72. The first-order valence-electron chi connectivity index (χ1n) is 8.98. The zero-order valence-corrected chi connectivity index (χ0v) is 15.8. The van der Waals surface area contributed by atoms with E-state index in [1.54, 1.807) is 18.9 Å². The van der Waals surface area contributed by atoms with Crippen molar-refractivity contribution in [1.82, 2.24) is 4.90 Å². The Morgan fingerprint density at radius 3 is 2.76 bits per heavy atom. The Labute approximate surface area is 153 Å². The third-order valence-electron chi connectivity index (χ3n) is 5.07. The summed E-state index contributed by atoms with van der Waals surface area (Å²) in [6.07, 6.45) is 4.26. The lowest BCUT2D eigenvalue weighted by atomic mass is 10.0. The largest absolute Gasteiger partial charge is 0.497 e. The van der Waals surface area contributed by atoms with Crippen LogP contribution >= 0.6 is 11.8 Å². The number of ether oxygens (including phenoxy) is 1. The van der Waals surface area contributed by atoms with Crippen LogP contribution in [0.25, 0.3) is 0 Å². The summed E-state index contributed by atoms with van der Waals surface area (Å²) in [6.45, 7) is 3.55. The molecule has 0 aliphatic carbocycles. The van der Waals surface area contributed by atoms with Gasteiger partial charge in [-0.05, 0) is 31.4 Å². The van der Waals surface area contributed by atoms with E-state index in [0.717, 1.165) is 50.2 Å². The molecule has 6 heteroatoms. The minimum absolute atomic E-state index is 0.143. The van der Waals surface area contributed by atoms with Crippen LogP contribution in [0, 0.1) is 0 Å². The van der Waals surface area contributed by atoms with Crippen molar-refractivity contribution in [2.24, 2.45) is 0 Å². The maximum atomic E-state index is 12.6. The molecule has 0 saturated carbocycles. The average molecular weight is 362 g/mol. The molecule has 0 aromatic heterocycles. The van der Waals surface area contributed by atoms with Crippen molar-refractivity contribution in [3.63, 3.8) is 0 Å². The number of likely N-dealkylation sites (tertiary alicyclic amines) is 1. The Hall–Kier alpha value is -1.69. The highest BCUT2D eigenvalue weighted by atomic mass is 32.2. The number of thioether (sulfide) groups is 1. The third-order valence-corrected chi connectivity index (χ3v) is 6.59. The fourth-order valence-corrected chi connectivity index (χ4v) is 4.97. The summed E-state index contributed by atoms with van der Waals surface area (Å²) in [5.74, 6) is 1.65. The second-order valence-electron chi connectivity index (χ2n) is 6.65. The van der Waals surface area contributed by atoms with Gasteiger partial charge >= 0.3 is 0 Å². The Bertz CT molecular complexity index is 641. The van der Waals surface area contributed by atoms with Gasteiger partial charge in [0.1, 0.15) is 5.75 Å². The minimum Gasteiger partial charge on any atom is -0.497 e. The zero-order chi connectivity index (χ0) is 17.9. The summed E-state index contributed by atoms with van der Waals surface area (Å²) in [5.41, 5.74) is 0.889. The summed E-state index contributed by atoms with van der Waals surface area (Å²) in [4.78, 5) is 28.5. The van der Waals surface area contributed by atoms with Gasteiger partial charge in [-0.2, -0.15) is 0 Å². The second kappa shape index (κ2) is 7.68. The van der Waals surface area contributed by atoms with E-state index in [9.17, 15) is 9.59 Å². The molecule has 2 aliphatic rings. The lowest BCUT2D eigenvalue weighted by Gasteiger charge is -2.44. The van der Waals surface area contributed by atoms with Crippen molar-refractivity contribution < 1.29 is 14.3 Å². The highest BCUT2D eigenvalue weighted by Crippen LogP contribution is 2.47. The molecule has 0 radical (unpaired) electrons. The summed E-state index contributed by atoms with van der Waals surface area (Å²) in [7, 11) is 1.63. The van der Waals surface area contributed by atoms with Crippen molar-refractivity contribution in [3.8, 4) is 5.75 Å². The molecular formula is C19H26N2O3S. The molecule has 136 valence electrons. The monoisotopic (exact) mass is 362 g/mol. The third kappa shape index (κ3) is 3.64. The molecular weight excluding hydrogens is 336 g/mol. The van der Waals surface area contributed by atoms with Crippen LogP contribution in [0.3, 0.4) is 0 Å². The molecule has 2 amide bonds. The van der Waals surface area contributed by atoms with Crippen LogP contribution in [0.4, 0.5) is 5.69 Å². The van der Waals surface area contributed by atoms with Gasteiger partial charge in [0.15, 0.2) is 0 Å². The maximum Gasteiger partial charge on any atom is 0.238 e. The zero-order valence-electron chi connectivity index (χ0n) is 15.0. The van der Waals surface area contributed by atoms with E-state index in [0.29, 0.717) is 12.2 Å². The summed E-state index contributed by atoms with van der Waals surface area (Å²) in [6, 6.07) is 7.69. The second-order valence-corrected chi connectivity index (χ2v) is 7.99. The van der Waals surface area contributed by atoms with Gasteiger partial charge in [0, 0.05) is 31.3 Å². The van der Waals surface area contributed by atoms with Crippen LogP contribution in [0.2, 0.25) is 0 Å². The minimum atomic E-state index is -0.231. The molecule has 5 nitrogen and oxygen atoms in total. The number of rotatable bonds is 5. The number of carbonyl (C=O) groups is 2. The lowest BCUT2D eigenvalue weighted by molar-refractivity contribution is -0.132. The molecule has 25 heavy (non-hydrogen) atoms. The number of amides is 2. The van der Waals surface area contributed by atoms with E-state index < -0.39 is 0 Å². The number of unbranched alkanes of at least 4 members (excludes halogenated alkanes) is 1. The Kier molecular flexibility index (Phi) is 5.57. The highest BCUT2D eigenvalue weighted by Gasteiger charge is 2.49. The SMILES string of the molecule is CCCCC(=O)N1CCC2(CC1)SCC(=O)N2c1cccc(OC)c1. The quantitative estimate of drug-likeness (QED) is 0.807. The first kappa shape index (κ1) is 18.1. The first-order chi connectivity index (χ1) is 12.1. The van der Waals surface area contributed by atoms with Gasteiger partial charge in [0.05, 0.1) is 17.7 Å². The van der Waals surface area contributed by atoms with Gasteiger partial charge in [0.25, 0.3) is 0 Å².